The van der Waals surface area contributed by atoms with Gasteiger partial charge in [0.2, 0.25) is 0 Å². The Hall–Kier alpha value is -1.50. The van der Waals surface area contributed by atoms with Gasteiger partial charge in [0.1, 0.15) is 0 Å². The fourth-order valence-corrected chi connectivity index (χ4v) is 1.86. The Balaban J connectivity index is 3.17. The van der Waals surface area contributed by atoms with Crippen LogP contribution in [0, 0.1) is 11.8 Å². The molecular formula is C16H26O4. The molecule has 2 N–H and O–H groups in total. The molecule has 0 aromatic rings. The zero-order valence-electron chi connectivity index (χ0n) is 12.2. The van der Waals surface area contributed by atoms with E-state index >= 15 is 0 Å². The van der Waals surface area contributed by atoms with Crippen LogP contribution >= 0.6 is 0 Å². The van der Waals surface area contributed by atoms with E-state index < -0.39 is 11.9 Å². The molecule has 0 radical (unpaired) electrons. The maximum Gasteiger partial charge on any atom is 0.303 e. The van der Waals surface area contributed by atoms with Gasteiger partial charge in [0.15, 0.2) is 0 Å². The molecule has 0 aliphatic rings. The average molecular weight is 282 g/mol. The lowest BCUT2D eigenvalue weighted by atomic mass is 10.1. The summed E-state index contributed by atoms with van der Waals surface area (Å²) in [5.41, 5.74) is 0. The van der Waals surface area contributed by atoms with Crippen LogP contribution in [0.1, 0.15) is 77.0 Å². The summed E-state index contributed by atoms with van der Waals surface area (Å²) in [5.74, 6) is 4.84. The summed E-state index contributed by atoms with van der Waals surface area (Å²) >= 11 is 0. The van der Waals surface area contributed by atoms with Crippen molar-refractivity contribution < 1.29 is 19.8 Å². The van der Waals surface area contributed by atoms with Crippen LogP contribution in [0.5, 0.6) is 0 Å². The second-order valence-corrected chi connectivity index (χ2v) is 4.97. The molecule has 0 spiro atoms. The van der Waals surface area contributed by atoms with E-state index in [9.17, 15) is 9.59 Å². The van der Waals surface area contributed by atoms with E-state index in [2.05, 4.69) is 11.8 Å². The molecule has 20 heavy (non-hydrogen) atoms. The first kappa shape index (κ1) is 18.5. The predicted molar refractivity (Wildman–Crippen MR) is 78.5 cm³/mol. The minimum absolute atomic E-state index is 0.271. The third kappa shape index (κ3) is 16.5. The Morgan fingerprint density at radius 1 is 0.600 bits per heavy atom. The highest BCUT2D eigenvalue weighted by Crippen LogP contribution is 2.06. The van der Waals surface area contributed by atoms with Gasteiger partial charge in [-0.1, -0.05) is 25.7 Å². The zero-order chi connectivity index (χ0) is 15.1. The van der Waals surface area contributed by atoms with Crippen LogP contribution in [0.3, 0.4) is 0 Å². The molecule has 0 fully saturated rings. The topological polar surface area (TPSA) is 74.6 Å². The van der Waals surface area contributed by atoms with Crippen molar-refractivity contribution in [2.75, 3.05) is 0 Å². The Morgan fingerprint density at radius 2 is 0.950 bits per heavy atom. The highest BCUT2D eigenvalue weighted by Gasteiger charge is 1.96. The van der Waals surface area contributed by atoms with E-state index in [4.69, 9.17) is 10.2 Å². The van der Waals surface area contributed by atoms with Gasteiger partial charge in [-0.05, 0) is 25.7 Å². The first-order valence-electron chi connectivity index (χ1n) is 7.52. The largest absolute Gasteiger partial charge is 0.481 e. The summed E-state index contributed by atoms with van der Waals surface area (Å²) in [6.07, 6.45) is 10.00. The predicted octanol–water partition coefficient (Wildman–Crippen LogP) is 3.84. The van der Waals surface area contributed by atoms with E-state index in [1.165, 1.54) is 0 Å². The molecule has 0 aromatic heterocycles. The fourth-order valence-electron chi connectivity index (χ4n) is 1.86. The van der Waals surface area contributed by atoms with Gasteiger partial charge in [-0.2, -0.15) is 0 Å². The third-order valence-electron chi connectivity index (χ3n) is 3.01. The Morgan fingerprint density at radius 3 is 1.30 bits per heavy atom. The molecule has 0 rings (SSSR count). The molecule has 0 aliphatic heterocycles. The number of carboxylic acids is 2. The quantitative estimate of drug-likeness (QED) is 0.421. The molecule has 0 unspecified atom stereocenters. The summed E-state index contributed by atoms with van der Waals surface area (Å²) < 4.78 is 0. The van der Waals surface area contributed by atoms with E-state index in [1.807, 2.05) is 0 Å². The SMILES string of the molecule is O=C(O)CCCCCCC#CCCCCCCC(=O)O. The Labute approximate surface area is 121 Å². The molecular weight excluding hydrogens is 256 g/mol. The lowest BCUT2D eigenvalue weighted by Crippen LogP contribution is -1.93. The number of aliphatic carboxylic acids is 2. The minimum Gasteiger partial charge on any atom is -0.481 e. The monoisotopic (exact) mass is 282 g/mol. The minimum atomic E-state index is -0.715. The summed E-state index contributed by atoms with van der Waals surface area (Å²) in [6, 6.07) is 0. The molecule has 114 valence electrons. The van der Waals surface area contributed by atoms with Crippen molar-refractivity contribution in [3.8, 4) is 11.8 Å². The van der Waals surface area contributed by atoms with Gasteiger partial charge in [0.05, 0.1) is 0 Å². The van der Waals surface area contributed by atoms with Gasteiger partial charge >= 0.3 is 11.9 Å². The Bertz CT molecular complexity index is 295. The molecule has 0 saturated heterocycles. The van der Waals surface area contributed by atoms with Crippen LogP contribution < -0.4 is 0 Å². The van der Waals surface area contributed by atoms with Crippen molar-refractivity contribution in [3.05, 3.63) is 0 Å². The molecule has 0 aliphatic carbocycles. The second-order valence-electron chi connectivity index (χ2n) is 4.97. The highest BCUT2D eigenvalue weighted by molar-refractivity contribution is 5.66. The van der Waals surface area contributed by atoms with Crippen LogP contribution in [0.15, 0.2) is 0 Å². The fraction of sp³-hybridized carbons (Fsp3) is 0.750. The van der Waals surface area contributed by atoms with Crippen molar-refractivity contribution in [3.63, 3.8) is 0 Å². The van der Waals surface area contributed by atoms with Crippen LogP contribution in [0.25, 0.3) is 0 Å². The first-order valence-corrected chi connectivity index (χ1v) is 7.52. The highest BCUT2D eigenvalue weighted by atomic mass is 16.4. The van der Waals surface area contributed by atoms with E-state index in [1.54, 1.807) is 0 Å². The summed E-state index contributed by atoms with van der Waals surface area (Å²) in [4.78, 5) is 20.6. The molecule has 0 amide bonds. The van der Waals surface area contributed by atoms with Gasteiger partial charge in [-0.3, -0.25) is 9.59 Å². The first-order chi connectivity index (χ1) is 9.63. The lowest BCUT2D eigenvalue weighted by molar-refractivity contribution is -0.138. The number of rotatable bonds is 12. The van der Waals surface area contributed by atoms with Gasteiger partial charge in [0, 0.05) is 25.7 Å². The number of hydrogen-bond donors (Lipinski definition) is 2. The Kier molecular flexibility index (Phi) is 12.9. The van der Waals surface area contributed by atoms with E-state index in [-0.39, 0.29) is 12.8 Å². The summed E-state index contributed by atoms with van der Waals surface area (Å²) in [7, 11) is 0. The number of unbranched alkanes of at least 4 members (excludes halogenated alkanes) is 8. The molecule has 4 nitrogen and oxygen atoms in total. The number of carboxylic acid groups (broad SMARTS) is 2. The molecule has 0 saturated carbocycles. The standard InChI is InChI=1S/C16H26O4/c17-15(18)13-11-9-7-5-3-1-2-4-6-8-10-12-14-16(19)20/h3-14H2,(H,17,18)(H,19,20). The van der Waals surface area contributed by atoms with Gasteiger partial charge in [-0.15, -0.1) is 11.8 Å². The molecule has 0 aromatic carbocycles. The van der Waals surface area contributed by atoms with Gasteiger partial charge in [-0.25, -0.2) is 0 Å². The lowest BCUT2D eigenvalue weighted by Gasteiger charge is -1.96. The maximum absolute atomic E-state index is 10.3. The zero-order valence-corrected chi connectivity index (χ0v) is 12.2. The van der Waals surface area contributed by atoms with Gasteiger partial charge in [0.25, 0.3) is 0 Å². The van der Waals surface area contributed by atoms with E-state index in [0.717, 1.165) is 64.2 Å². The molecule has 0 heterocycles. The average Bonchev–Trinajstić information content (AvgIpc) is 2.38. The molecule has 0 bridgehead atoms. The maximum atomic E-state index is 10.3. The van der Waals surface area contributed by atoms with Crippen LogP contribution in [0.4, 0.5) is 0 Å². The number of hydrogen-bond acceptors (Lipinski definition) is 2. The van der Waals surface area contributed by atoms with Crippen LogP contribution in [-0.2, 0) is 9.59 Å². The van der Waals surface area contributed by atoms with Crippen molar-refractivity contribution in [2.24, 2.45) is 0 Å². The van der Waals surface area contributed by atoms with Gasteiger partial charge < -0.3 is 10.2 Å². The van der Waals surface area contributed by atoms with Crippen molar-refractivity contribution in [1.82, 2.24) is 0 Å². The smallest absolute Gasteiger partial charge is 0.303 e. The summed E-state index contributed by atoms with van der Waals surface area (Å²) in [6.45, 7) is 0. The van der Waals surface area contributed by atoms with Crippen molar-refractivity contribution in [2.45, 2.75) is 77.0 Å². The van der Waals surface area contributed by atoms with Crippen LogP contribution in [-0.4, -0.2) is 22.2 Å². The number of carbonyl (C=O) groups is 2. The van der Waals surface area contributed by atoms with Crippen molar-refractivity contribution in [1.29, 1.82) is 0 Å². The second kappa shape index (κ2) is 13.9. The molecule has 0 atom stereocenters. The van der Waals surface area contributed by atoms with Crippen molar-refractivity contribution >= 4 is 11.9 Å². The third-order valence-corrected chi connectivity index (χ3v) is 3.01. The normalized spacial score (nSPS) is 9.80. The summed E-state index contributed by atoms with van der Waals surface area (Å²) in [5, 5.41) is 16.9. The van der Waals surface area contributed by atoms with E-state index in [0.29, 0.717) is 0 Å². The van der Waals surface area contributed by atoms with Crippen LogP contribution in [0.2, 0.25) is 0 Å². The molecule has 4 heteroatoms.